The summed E-state index contributed by atoms with van der Waals surface area (Å²) < 4.78 is 6.72. The Morgan fingerprint density at radius 3 is 2.92 bits per heavy atom. The summed E-state index contributed by atoms with van der Waals surface area (Å²) >= 11 is 5.97. The zero-order chi connectivity index (χ0) is 17.6. The number of aryl methyl sites for hydroxylation is 1. The number of aliphatic hydroxyl groups is 1. The zero-order valence-corrected chi connectivity index (χ0v) is 14.6. The molecule has 24 heavy (non-hydrogen) atoms. The van der Waals surface area contributed by atoms with Gasteiger partial charge in [-0.2, -0.15) is 5.10 Å². The summed E-state index contributed by atoms with van der Waals surface area (Å²) in [6, 6.07) is 8.36. The van der Waals surface area contributed by atoms with E-state index in [0.29, 0.717) is 29.6 Å². The lowest BCUT2D eigenvalue weighted by Gasteiger charge is -2.25. The molecule has 6 nitrogen and oxygen atoms in total. The summed E-state index contributed by atoms with van der Waals surface area (Å²) in [4.78, 5) is 12.6. The second-order valence-corrected chi connectivity index (χ2v) is 5.93. The van der Waals surface area contributed by atoms with E-state index in [1.165, 1.54) is 0 Å². The van der Waals surface area contributed by atoms with Crippen molar-refractivity contribution in [3.05, 3.63) is 47.1 Å². The fraction of sp³-hybridized carbons (Fsp3) is 0.412. The minimum absolute atomic E-state index is 0.216. The van der Waals surface area contributed by atoms with Crippen LogP contribution in [0.3, 0.4) is 0 Å². The summed E-state index contributed by atoms with van der Waals surface area (Å²) in [5.74, 6) is -0.138. The van der Waals surface area contributed by atoms with Gasteiger partial charge in [-0.15, -0.1) is 0 Å². The molecule has 1 atom stereocenters. The number of anilines is 1. The normalized spacial score (nSPS) is 13.5. The van der Waals surface area contributed by atoms with E-state index in [4.69, 9.17) is 16.3 Å². The van der Waals surface area contributed by atoms with Crippen molar-refractivity contribution >= 4 is 23.3 Å². The molecule has 2 aromatic rings. The van der Waals surface area contributed by atoms with Crippen LogP contribution in [-0.2, 0) is 21.7 Å². The van der Waals surface area contributed by atoms with Crippen LogP contribution < -0.4 is 5.32 Å². The molecule has 1 aromatic heterocycles. The van der Waals surface area contributed by atoms with Crippen LogP contribution in [0.15, 0.2) is 36.5 Å². The molecule has 1 heterocycles. The Morgan fingerprint density at radius 1 is 1.46 bits per heavy atom. The number of hydrogen-bond donors (Lipinski definition) is 2. The summed E-state index contributed by atoms with van der Waals surface area (Å²) in [5, 5.41) is 18.2. The standard InChI is InChI=1S/C17H22ClN3O3/c1-3-17(23,13-6-4-7-14(18)12-13)16(22)19-15-8-10-21(20-15)9-5-11-24-2/h4,6-8,10,12,23H,3,5,9,11H2,1-2H3,(H,19,20,22)/t17-/m0/s1. The third-order valence-corrected chi connectivity index (χ3v) is 4.04. The van der Waals surface area contributed by atoms with Gasteiger partial charge in [-0.05, 0) is 30.5 Å². The van der Waals surface area contributed by atoms with Crippen LogP contribution in [0.4, 0.5) is 5.82 Å². The first-order chi connectivity index (χ1) is 11.5. The lowest BCUT2D eigenvalue weighted by Crippen LogP contribution is -2.39. The molecule has 0 radical (unpaired) electrons. The highest BCUT2D eigenvalue weighted by Gasteiger charge is 2.36. The number of halogens is 1. The molecule has 0 aliphatic carbocycles. The maximum absolute atomic E-state index is 12.6. The van der Waals surface area contributed by atoms with Crippen molar-refractivity contribution in [3.8, 4) is 0 Å². The van der Waals surface area contributed by atoms with Gasteiger partial charge in [0.1, 0.15) is 0 Å². The second kappa shape index (κ2) is 8.28. The molecule has 0 saturated carbocycles. The molecule has 2 rings (SSSR count). The van der Waals surface area contributed by atoms with E-state index in [1.807, 2.05) is 0 Å². The third kappa shape index (κ3) is 4.35. The first-order valence-electron chi connectivity index (χ1n) is 7.82. The average molecular weight is 352 g/mol. The molecule has 130 valence electrons. The van der Waals surface area contributed by atoms with Gasteiger partial charge in [0.05, 0.1) is 0 Å². The van der Waals surface area contributed by atoms with Gasteiger partial charge in [-0.3, -0.25) is 9.48 Å². The lowest BCUT2D eigenvalue weighted by atomic mass is 9.90. The van der Waals surface area contributed by atoms with Crippen LogP contribution in [0.1, 0.15) is 25.3 Å². The summed E-state index contributed by atoms with van der Waals surface area (Å²) in [5.41, 5.74) is -1.21. The number of hydrogen-bond acceptors (Lipinski definition) is 4. The lowest BCUT2D eigenvalue weighted by molar-refractivity contribution is -0.135. The quantitative estimate of drug-likeness (QED) is 0.717. The van der Waals surface area contributed by atoms with Crippen LogP contribution in [0.25, 0.3) is 0 Å². The highest BCUT2D eigenvalue weighted by atomic mass is 35.5. The number of nitrogens with zero attached hydrogens (tertiary/aromatic N) is 2. The highest BCUT2D eigenvalue weighted by molar-refractivity contribution is 6.30. The largest absolute Gasteiger partial charge is 0.385 e. The number of amides is 1. The number of methoxy groups -OCH3 is 1. The molecule has 0 unspecified atom stereocenters. The molecule has 0 saturated heterocycles. The Bertz CT molecular complexity index is 689. The zero-order valence-electron chi connectivity index (χ0n) is 13.8. The molecule has 0 aliphatic heterocycles. The predicted molar refractivity (Wildman–Crippen MR) is 93.0 cm³/mol. The fourth-order valence-corrected chi connectivity index (χ4v) is 2.58. The number of carbonyl (C=O) groups is 1. The number of rotatable bonds is 8. The van der Waals surface area contributed by atoms with Crippen molar-refractivity contribution in [2.45, 2.75) is 31.9 Å². The van der Waals surface area contributed by atoms with Gasteiger partial charge in [-0.25, -0.2) is 0 Å². The van der Waals surface area contributed by atoms with Gasteiger partial charge in [0, 0.05) is 37.5 Å². The molecular formula is C17H22ClN3O3. The van der Waals surface area contributed by atoms with E-state index < -0.39 is 11.5 Å². The van der Waals surface area contributed by atoms with Crippen molar-refractivity contribution in [2.24, 2.45) is 0 Å². The first-order valence-corrected chi connectivity index (χ1v) is 8.19. The van der Waals surface area contributed by atoms with Gasteiger partial charge in [0.2, 0.25) is 0 Å². The predicted octanol–water partition coefficient (Wildman–Crippen LogP) is 2.81. The van der Waals surface area contributed by atoms with E-state index in [0.717, 1.165) is 6.42 Å². The maximum Gasteiger partial charge on any atom is 0.262 e. The number of benzene rings is 1. The fourth-order valence-electron chi connectivity index (χ4n) is 2.38. The molecule has 7 heteroatoms. The molecule has 1 amide bonds. The van der Waals surface area contributed by atoms with Gasteiger partial charge in [0.15, 0.2) is 11.4 Å². The topological polar surface area (TPSA) is 76.4 Å². The average Bonchev–Trinajstić information content (AvgIpc) is 3.01. The molecule has 0 bridgehead atoms. The first kappa shape index (κ1) is 18.4. The van der Waals surface area contributed by atoms with E-state index >= 15 is 0 Å². The van der Waals surface area contributed by atoms with Crippen molar-refractivity contribution in [1.29, 1.82) is 0 Å². The van der Waals surface area contributed by atoms with Crippen LogP contribution in [-0.4, -0.2) is 34.5 Å². The molecule has 1 aromatic carbocycles. The molecule has 0 spiro atoms. The summed E-state index contributed by atoms with van der Waals surface area (Å²) in [7, 11) is 1.65. The van der Waals surface area contributed by atoms with Crippen LogP contribution >= 0.6 is 11.6 Å². The second-order valence-electron chi connectivity index (χ2n) is 5.49. The van der Waals surface area contributed by atoms with Gasteiger partial charge in [0.25, 0.3) is 5.91 Å². The molecule has 0 aliphatic rings. The van der Waals surface area contributed by atoms with Crippen LogP contribution in [0.5, 0.6) is 0 Å². The smallest absolute Gasteiger partial charge is 0.262 e. The number of ether oxygens (including phenoxy) is 1. The van der Waals surface area contributed by atoms with Gasteiger partial charge in [-0.1, -0.05) is 30.7 Å². The van der Waals surface area contributed by atoms with Crippen LogP contribution in [0.2, 0.25) is 5.02 Å². The Morgan fingerprint density at radius 2 is 2.25 bits per heavy atom. The van der Waals surface area contributed by atoms with Gasteiger partial charge < -0.3 is 15.2 Å². The van der Waals surface area contributed by atoms with Crippen molar-refractivity contribution < 1.29 is 14.6 Å². The minimum atomic E-state index is -1.66. The monoisotopic (exact) mass is 351 g/mol. The third-order valence-electron chi connectivity index (χ3n) is 3.81. The van der Waals surface area contributed by atoms with Crippen molar-refractivity contribution in [1.82, 2.24) is 9.78 Å². The number of nitrogens with one attached hydrogen (secondary N) is 1. The number of aromatic nitrogens is 2. The van der Waals surface area contributed by atoms with E-state index in [9.17, 15) is 9.90 Å². The Kier molecular flexibility index (Phi) is 6.36. The van der Waals surface area contributed by atoms with E-state index in [2.05, 4.69) is 10.4 Å². The maximum atomic E-state index is 12.6. The summed E-state index contributed by atoms with van der Waals surface area (Å²) in [6.07, 6.45) is 2.82. The molecular weight excluding hydrogens is 330 g/mol. The molecule has 0 fully saturated rings. The van der Waals surface area contributed by atoms with Crippen molar-refractivity contribution in [2.75, 3.05) is 19.0 Å². The minimum Gasteiger partial charge on any atom is -0.385 e. The Balaban J connectivity index is 2.09. The SMILES string of the molecule is CC[C@@](O)(C(=O)Nc1ccn(CCCOC)n1)c1cccc(Cl)c1. The Hall–Kier alpha value is -1.89. The van der Waals surface area contributed by atoms with Crippen molar-refractivity contribution in [3.63, 3.8) is 0 Å². The Labute approximate surface area is 146 Å². The number of carbonyl (C=O) groups excluding carboxylic acids is 1. The van der Waals surface area contributed by atoms with E-state index in [1.54, 1.807) is 55.2 Å². The van der Waals surface area contributed by atoms with Gasteiger partial charge >= 0.3 is 0 Å². The highest BCUT2D eigenvalue weighted by Crippen LogP contribution is 2.28. The van der Waals surface area contributed by atoms with Crippen LogP contribution in [0, 0.1) is 0 Å². The molecule has 2 N–H and O–H groups in total. The van der Waals surface area contributed by atoms with E-state index in [-0.39, 0.29) is 6.42 Å². The summed E-state index contributed by atoms with van der Waals surface area (Å²) in [6.45, 7) is 3.08.